The predicted molar refractivity (Wildman–Crippen MR) is 67.1 cm³/mol. The molecule has 0 rings (SSSR count). The van der Waals surface area contributed by atoms with E-state index in [4.69, 9.17) is 4.43 Å². The van der Waals surface area contributed by atoms with Gasteiger partial charge in [-0.3, -0.25) is 0 Å². The summed E-state index contributed by atoms with van der Waals surface area (Å²) in [5.41, 5.74) is 0. The first-order chi connectivity index (χ1) is 6.20. The van der Waals surface area contributed by atoms with Crippen LogP contribution in [0.25, 0.3) is 0 Å². The van der Waals surface area contributed by atoms with E-state index in [0.29, 0.717) is 11.0 Å². The highest BCUT2D eigenvalue weighted by Crippen LogP contribution is 2.36. The Labute approximate surface area is 90.7 Å². The molecule has 1 unspecified atom stereocenters. The molecule has 0 aliphatic carbocycles. The highest BCUT2D eigenvalue weighted by Gasteiger charge is 2.36. The van der Waals surface area contributed by atoms with Gasteiger partial charge in [-0.25, -0.2) is 0 Å². The molecule has 0 fully saturated rings. The zero-order chi connectivity index (χ0) is 11.4. The van der Waals surface area contributed by atoms with Gasteiger partial charge in [-0.15, -0.1) is 6.58 Å². The van der Waals surface area contributed by atoms with E-state index in [1.807, 2.05) is 6.08 Å². The zero-order valence-electron chi connectivity index (χ0n) is 10.7. The molecule has 1 atom stereocenters. The molecule has 0 aliphatic rings. The minimum absolute atomic E-state index is 0.324. The highest BCUT2D eigenvalue weighted by molar-refractivity contribution is 6.74. The number of hydrogen-bond acceptors (Lipinski definition) is 1. The van der Waals surface area contributed by atoms with E-state index in [1.165, 1.54) is 0 Å². The molecule has 0 amide bonds. The fraction of sp³-hybridized carbons (Fsp3) is 0.833. The van der Waals surface area contributed by atoms with E-state index in [9.17, 15) is 0 Å². The zero-order valence-corrected chi connectivity index (χ0v) is 11.7. The summed E-state index contributed by atoms with van der Waals surface area (Å²) >= 11 is 0. The molecule has 0 N–H and O–H groups in total. The maximum Gasteiger partial charge on any atom is 0.191 e. The molecular formula is C12H26OSi. The van der Waals surface area contributed by atoms with Gasteiger partial charge < -0.3 is 4.43 Å². The van der Waals surface area contributed by atoms with E-state index < -0.39 is 8.32 Å². The van der Waals surface area contributed by atoms with Gasteiger partial charge in [0, 0.05) is 6.61 Å². The molecule has 0 aliphatic heterocycles. The van der Waals surface area contributed by atoms with E-state index in [2.05, 4.69) is 47.4 Å². The highest BCUT2D eigenvalue weighted by atomic mass is 28.4. The summed E-state index contributed by atoms with van der Waals surface area (Å²) < 4.78 is 6.06. The van der Waals surface area contributed by atoms with Crippen molar-refractivity contribution in [2.45, 2.75) is 52.2 Å². The molecule has 14 heavy (non-hydrogen) atoms. The van der Waals surface area contributed by atoms with Crippen molar-refractivity contribution in [1.29, 1.82) is 0 Å². The first kappa shape index (κ1) is 13.9. The lowest BCUT2D eigenvalue weighted by atomic mass is 10.1. The molecule has 0 aromatic rings. The lowest BCUT2D eigenvalue weighted by Gasteiger charge is -2.36. The van der Waals surface area contributed by atoms with Crippen molar-refractivity contribution < 1.29 is 4.43 Å². The largest absolute Gasteiger partial charge is 0.417 e. The number of allylic oxidation sites excluding steroid dienone is 1. The smallest absolute Gasteiger partial charge is 0.191 e. The van der Waals surface area contributed by atoms with Gasteiger partial charge in [0.15, 0.2) is 8.32 Å². The second-order valence-corrected chi connectivity index (χ2v) is 10.4. The molecule has 0 aromatic carbocycles. The monoisotopic (exact) mass is 214 g/mol. The first-order valence-electron chi connectivity index (χ1n) is 5.47. The van der Waals surface area contributed by atoms with Crippen LogP contribution in [0, 0.1) is 5.92 Å². The van der Waals surface area contributed by atoms with Crippen molar-refractivity contribution in [3.8, 4) is 0 Å². The maximum absolute atomic E-state index is 6.06. The topological polar surface area (TPSA) is 9.23 Å². The average molecular weight is 214 g/mol. The molecule has 84 valence electrons. The van der Waals surface area contributed by atoms with Crippen molar-refractivity contribution in [2.75, 3.05) is 6.61 Å². The standard InChI is InChI=1S/C12H26OSi/c1-8-11(2)9-10-13-14(6,7)12(3,4)5/h8,11H,1,9-10H2,2-7H3. The second kappa shape index (κ2) is 5.13. The van der Waals surface area contributed by atoms with E-state index in [-0.39, 0.29) is 0 Å². The SMILES string of the molecule is C=CC(C)CCO[Si](C)(C)C(C)(C)C. The quantitative estimate of drug-likeness (QED) is 0.492. The Morgan fingerprint density at radius 3 is 2.21 bits per heavy atom. The maximum atomic E-state index is 6.06. The van der Waals surface area contributed by atoms with Gasteiger partial charge in [0.05, 0.1) is 0 Å². The van der Waals surface area contributed by atoms with Gasteiger partial charge in [0.2, 0.25) is 0 Å². The first-order valence-corrected chi connectivity index (χ1v) is 8.38. The van der Waals surface area contributed by atoms with E-state index in [0.717, 1.165) is 13.0 Å². The third-order valence-electron chi connectivity index (χ3n) is 3.24. The Kier molecular flexibility index (Phi) is 5.10. The van der Waals surface area contributed by atoms with Gasteiger partial charge in [-0.1, -0.05) is 33.8 Å². The van der Waals surface area contributed by atoms with Crippen LogP contribution in [0.1, 0.15) is 34.1 Å². The molecule has 0 heterocycles. The summed E-state index contributed by atoms with van der Waals surface area (Å²) in [5, 5.41) is 0.324. The molecule has 0 bridgehead atoms. The normalized spacial score (nSPS) is 15.3. The summed E-state index contributed by atoms with van der Waals surface area (Å²) in [7, 11) is -1.52. The average Bonchev–Trinajstić information content (AvgIpc) is 2.01. The van der Waals surface area contributed by atoms with Crippen LogP contribution in [-0.4, -0.2) is 14.9 Å². The van der Waals surface area contributed by atoms with Crippen molar-refractivity contribution in [2.24, 2.45) is 5.92 Å². The Balaban J connectivity index is 3.95. The Morgan fingerprint density at radius 1 is 1.36 bits per heavy atom. The Bertz CT molecular complexity index is 179. The molecule has 0 aromatic heterocycles. The molecule has 1 nitrogen and oxygen atoms in total. The van der Waals surface area contributed by atoms with Gasteiger partial charge in [-0.05, 0) is 30.5 Å². The summed E-state index contributed by atoms with van der Waals surface area (Å²) in [4.78, 5) is 0. The Morgan fingerprint density at radius 2 is 1.86 bits per heavy atom. The Hall–Kier alpha value is -0.0831. The number of hydrogen-bond donors (Lipinski definition) is 0. The fourth-order valence-corrected chi connectivity index (χ4v) is 1.90. The van der Waals surface area contributed by atoms with Gasteiger partial charge in [0.25, 0.3) is 0 Å². The molecular weight excluding hydrogens is 188 g/mol. The van der Waals surface area contributed by atoms with Crippen molar-refractivity contribution in [1.82, 2.24) is 0 Å². The summed E-state index contributed by atoms with van der Waals surface area (Å²) in [6.45, 7) is 18.3. The third kappa shape index (κ3) is 4.42. The minimum Gasteiger partial charge on any atom is -0.417 e. The third-order valence-corrected chi connectivity index (χ3v) is 7.78. The molecule has 2 heteroatoms. The van der Waals surface area contributed by atoms with Crippen LogP contribution in [0.15, 0.2) is 12.7 Å². The molecule has 0 saturated carbocycles. The van der Waals surface area contributed by atoms with Crippen LogP contribution in [0.3, 0.4) is 0 Å². The molecule has 0 radical (unpaired) electrons. The summed E-state index contributed by atoms with van der Waals surface area (Å²) in [6, 6.07) is 0. The van der Waals surface area contributed by atoms with E-state index >= 15 is 0 Å². The van der Waals surface area contributed by atoms with Gasteiger partial charge in [-0.2, -0.15) is 0 Å². The fourth-order valence-electron chi connectivity index (χ4n) is 0.834. The van der Waals surface area contributed by atoms with Crippen LogP contribution in [0.2, 0.25) is 18.1 Å². The van der Waals surface area contributed by atoms with Crippen LogP contribution >= 0.6 is 0 Å². The van der Waals surface area contributed by atoms with Crippen LogP contribution < -0.4 is 0 Å². The van der Waals surface area contributed by atoms with Crippen LogP contribution in [-0.2, 0) is 4.43 Å². The van der Waals surface area contributed by atoms with Crippen LogP contribution in [0.4, 0.5) is 0 Å². The lowest BCUT2D eigenvalue weighted by Crippen LogP contribution is -2.41. The number of rotatable bonds is 5. The minimum atomic E-state index is -1.52. The van der Waals surface area contributed by atoms with Gasteiger partial charge in [0.1, 0.15) is 0 Å². The van der Waals surface area contributed by atoms with Crippen molar-refractivity contribution in [3.63, 3.8) is 0 Å². The van der Waals surface area contributed by atoms with Crippen molar-refractivity contribution >= 4 is 8.32 Å². The summed E-state index contributed by atoms with van der Waals surface area (Å²) in [5.74, 6) is 0.569. The van der Waals surface area contributed by atoms with Crippen molar-refractivity contribution in [3.05, 3.63) is 12.7 Å². The summed E-state index contributed by atoms with van der Waals surface area (Å²) in [6.07, 6.45) is 3.09. The van der Waals surface area contributed by atoms with Gasteiger partial charge >= 0.3 is 0 Å². The molecule has 0 spiro atoms. The lowest BCUT2D eigenvalue weighted by molar-refractivity contribution is 0.270. The second-order valence-electron chi connectivity index (χ2n) is 5.61. The van der Waals surface area contributed by atoms with E-state index in [1.54, 1.807) is 0 Å². The van der Waals surface area contributed by atoms with Crippen LogP contribution in [0.5, 0.6) is 0 Å². The molecule has 0 saturated heterocycles. The predicted octanol–water partition coefficient (Wildman–Crippen LogP) is 4.22.